The first-order valence-electron chi connectivity index (χ1n) is 7.62. The van der Waals surface area contributed by atoms with Crippen LogP contribution in [0.4, 0.5) is 5.95 Å². The Labute approximate surface area is 128 Å². The third kappa shape index (κ3) is 1.84. The van der Waals surface area contributed by atoms with Crippen LogP contribution in [0, 0.1) is 23.2 Å². The van der Waals surface area contributed by atoms with E-state index < -0.39 is 5.92 Å². The molecular weight excluding hydrogens is 276 g/mol. The molecule has 1 aliphatic heterocycles. The molecule has 0 saturated heterocycles. The predicted octanol–water partition coefficient (Wildman–Crippen LogP) is 3.03. The molecule has 0 spiro atoms. The van der Waals surface area contributed by atoms with Crippen LogP contribution in [0.2, 0.25) is 0 Å². The van der Waals surface area contributed by atoms with Crippen molar-refractivity contribution < 1.29 is 4.79 Å². The van der Waals surface area contributed by atoms with Crippen LogP contribution in [-0.2, 0) is 4.79 Å². The fourth-order valence-corrected chi connectivity index (χ4v) is 3.67. The van der Waals surface area contributed by atoms with Crippen molar-refractivity contribution in [3.63, 3.8) is 0 Å². The lowest BCUT2D eigenvalue weighted by atomic mass is 9.80. The monoisotopic (exact) mass is 292 g/mol. The number of allylic oxidation sites excluding steroid dienone is 2. The molecule has 1 aromatic carbocycles. The lowest BCUT2D eigenvalue weighted by Crippen LogP contribution is -2.40. The first-order chi connectivity index (χ1) is 10.8. The summed E-state index contributed by atoms with van der Waals surface area (Å²) in [6.07, 6.45) is 7.24. The second-order valence-electron chi connectivity index (χ2n) is 5.93. The van der Waals surface area contributed by atoms with Crippen LogP contribution in [0.1, 0.15) is 25.3 Å². The summed E-state index contributed by atoms with van der Waals surface area (Å²) in [5.41, 5.74) is 1.84. The number of hydrogen-bond donors (Lipinski definition) is 1. The topological polar surface area (TPSA) is 70.7 Å². The second-order valence-corrected chi connectivity index (χ2v) is 5.93. The van der Waals surface area contributed by atoms with Gasteiger partial charge >= 0.3 is 0 Å². The Hall–Kier alpha value is -2.61. The minimum Gasteiger partial charge on any atom is -0.305 e. The number of carbonyl (C=O) groups is 1. The van der Waals surface area contributed by atoms with Crippen LogP contribution in [0.3, 0.4) is 0 Å². The highest BCUT2D eigenvalue weighted by molar-refractivity contribution is 5.97. The maximum atomic E-state index is 12.3. The lowest BCUT2D eigenvalue weighted by molar-refractivity contribution is -0.120. The number of nitrogens with one attached hydrogen (secondary N) is 1. The number of anilines is 1. The number of carbonyl (C=O) groups excluding carboxylic acids is 1. The van der Waals surface area contributed by atoms with Crippen molar-refractivity contribution in [1.82, 2.24) is 9.55 Å². The molecule has 0 fully saturated rings. The van der Waals surface area contributed by atoms with Crippen LogP contribution in [-0.4, -0.2) is 15.5 Å². The molecule has 0 saturated carbocycles. The number of para-hydroxylation sites is 2. The van der Waals surface area contributed by atoms with Crippen LogP contribution in [0.5, 0.6) is 0 Å². The molecule has 3 atom stereocenters. The zero-order chi connectivity index (χ0) is 15.1. The molecule has 0 radical (unpaired) electrons. The molecule has 2 heterocycles. The minimum atomic E-state index is -0.665. The zero-order valence-electron chi connectivity index (χ0n) is 12.1. The number of rotatable bonds is 1. The van der Waals surface area contributed by atoms with E-state index in [0.717, 1.165) is 30.3 Å². The molecule has 0 bridgehead atoms. The second kappa shape index (κ2) is 4.99. The summed E-state index contributed by atoms with van der Waals surface area (Å²) in [5, 5.41) is 12.3. The average molecular weight is 292 g/mol. The van der Waals surface area contributed by atoms with E-state index in [9.17, 15) is 10.1 Å². The molecule has 1 aromatic heterocycles. The highest BCUT2D eigenvalue weighted by Crippen LogP contribution is 2.41. The van der Waals surface area contributed by atoms with Crippen molar-refractivity contribution in [3.05, 3.63) is 36.4 Å². The maximum absolute atomic E-state index is 12.3. The average Bonchev–Trinajstić information content (AvgIpc) is 2.92. The van der Waals surface area contributed by atoms with E-state index in [2.05, 4.69) is 33.1 Å². The molecule has 5 heteroatoms. The van der Waals surface area contributed by atoms with Gasteiger partial charge < -0.3 is 4.57 Å². The Morgan fingerprint density at radius 3 is 2.95 bits per heavy atom. The molecule has 22 heavy (non-hydrogen) atoms. The number of nitrogens with zero attached hydrogens (tertiary/aromatic N) is 3. The van der Waals surface area contributed by atoms with Crippen molar-refractivity contribution in [2.75, 3.05) is 5.32 Å². The summed E-state index contributed by atoms with van der Waals surface area (Å²) in [6.45, 7) is 0. The van der Waals surface area contributed by atoms with Gasteiger partial charge in [0, 0.05) is 0 Å². The molecule has 0 unspecified atom stereocenters. The van der Waals surface area contributed by atoms with Crippen LogP contribution in [0.15, 0.2) is 36.4 Å². The Morgan fingerprint density at radius 1 is 1.32 bits per heavy atom. The van der Waals surface area contributed by atoms with Gasteiger partial charge in [-0.2, -0.15) is 5.26 Å². The van der Waals surface area contributed by atoms with E-state index in [1.807, 2.05) is 24.3 Å². The molecular formula is C17H16N4O. The van der Waals surface area contributed by atoms with Gasteiger partial charge in [-0.05, 0) is 37.3 Å². The third-order valence-electron chi connectivity index (χ3n) is 4.68. The molecule has 5 nitrogen and oxygen atoms in total. The van der Waals surface area contributed by atoms with Gasteiger partial charge in [-0.15, -0.1) is 0 Å². The van der Waals surface area contributed by atoms with Gasteiger partial charge in [-0.1, -0.05) is 24.3 Å². The van der Waals surface area contributed by atoms with E-state index >= 15 is 0 Å². The molecule has 4 rings (SSSR count). The van der Waals surface area contributed by atoms with Crippen molar-refractivity contribution in [2.24, 2.45) is 11.8 Å². The Balaban J connectivity index is 1.92. The summed E-state index contributed by atoms with van der Waals surface area (Å²) < 4.78 is 2.06. The van der Waals surface area contributed by atoms with Gasteiger partial charge in [-0.3, -0.25) is 10.1 Å². The fourth-order valence-electron chi connectivity index (χ4n) is 3.67. The molecule has 1 amide bonds. The standard InChI is InChI=1S/C17H16N4O/c18-10-12-15(11-6-2-1-3-7-11)21-14-9-5-4-8-13(14)19-17(21)20-16(12)22/h1-2,4-5,8-9,11-12,15H,3,6-7H2,(H,19,20,22)/t11-,12-,15+/m1/s1. The van der Waals surface area contributed by atoms with Gasteiger partial charge in [0.05, 0.1) is 23.1 Å². The first-order valence-corrected chi connectivity index (χ1v) is 7.62. The van der Waals surface area contributed by atoms with Crippen LogP contribution < -0.4 is 5.32 Å². The summed E-state index contributed by atoms with van der Waals surface area (Å²) in [5.74, 6) is -0.0409. The van der Waals surface area contributed by atoms with Crippen molar-refractivity contribution >= 4 is 22.9 Å². The molecule has 2 aromatic rings. The van der Waals surface area contributed by atoms with Gasteiger partial charge in [0.25, 0.3) is 0 Å². The molecule has 1 aliphatic carbocycles. The number of amides is 1. The van der Waals surface area contributed by atoms with Gasteiger partial charge in [0.2, 0.25) is 11.9 Å². The SMILES string of the molecule is N#C[C@H]1C(=O)Nc2nc3ccccc3n2[C@H]1[C@@H]1CC=CCC1. The highest BCUT2D eigenvalue weighted by Gasteiger charge is 2.41. The van der Waals surface area contributed by atoms with Crippen molar-refractivity contribution in [3.8, 4) is 6.07 Å². The molecule has 2 aliphatic rings. The Bertz CT molecular complexity index is 814. The summed E-state index contributed by atoms with van der Waals surface area (Å²) in [7, 11) is 0. The summed E-state index contributed by atoms with van der Waals surface area (Å²) in [4.78, 5) is 16.8. The Morgan fingerprint density at radius 2 is 2.18 bits per heavy atom. The minimum absolute atomic E-state index is 0.147. The van der Waals surface area contributed by atoms with Crippen molar-refractivity contribution in [2.45, 2.75) is 25.3 Å². The fraction of sp³-hybridized carbons (Fsp3) is 0.353. The summed E-state index contributed by atoms with van der Waals surface area (Å²) >= 11 is 0. The maximum Gasteiger partial charge on any atom is 0.246 e. The predicted molar refractivity (Wildman–Crippen MR) is 83.0 cm³/mol. The Kier molecular flexibility index (Phi) is 2.97. The van der Waals surface area contributed by atoms with Gasteiger partial charge in [-0.25, -0.2) is 4.98 Å². The number of fused-ring (bicyclic) bond motifs is 3. The van der Waals surface area contributed by atoms with E-state index in [4.69, 9.17) is 0 Å². The highest BCUT2D eigenvalue weighted by atomic mass is 16.2. The number of aromatic nitrogens is 2. The van der Waals surface area contributed by atoms with Gasteiger partial charge in [0.1, 0.15) is 5.92 Å². The molecule has 1 N–H and O–H groups in total. The number of hydrogen-bond acceptors (Lipinski definition) is 3. The van der Waals surface area contributed by atoms with Crippen molar-refractivity contribution in [1.29, 1.82) is 5.26 Å². The zero-order valence-corrected chi connectivity index (χ0v) is 12.1. The first kappa shape index (κ1) is 13.1. The third-order valence-corrected chi connectivity index (χ3v) is 4.68. The van der Waals surface area contributed by atoms with E-state index in [1.54, 1.807) is 0 Å². The quantitative estimate of drug-likeness (QED) is 0.821. The number of nitriles is 1. The number of imidazole rings is 1. The van der Waals surface area contributed by atoms with E-state index in [1.165, 1.54) is 0 Å². The van der Waals surface area contributed by atoms with Crippen LogP contribution >= 0.6 is 0 Å². The van der Waals surface area contributed by atoms with E-state index in [0.29, 0.717) is 5.95 Å². The van der Waals surface area contributed by atoms with Crippen LogP contribution in [0.25, 0.3) is 11.0 Å². The van der Waals surface area contributed by atoms with Gasteiger partial charge in [0.15, 0.2) is 0 Å². The number of benzene rings is 1. The lowest BCUT2D eigenvalue weighted by Gasteiger charge is -2.36. The van der Waals surface area contributed by atoms with E-state index in [-0.39, 0.29) is 17.9 Å². The molecule has 110 valence electrons. The largest absolute Gasteiger partial charge is 0.305 e. The smallest absolute Gasteiger partial charge is 0.246 e. The summed E-state index contributed by atoms with van der Waals surface area (Å²) in [6, 6.07) is 9.90. The normalized spacial score (nSPS) is 27.2.